The molecule has 0 N–H and O–H groups in total. The van der Waals surface area contributed by atoms with E-state index in [1.54, 1.807) is 0 Å². The van der Waals surface area contributed by atoms with Crippen molar-refractivity contribution in [1.29, 1.82) is 0 Å². The molecule has 1 rings (SSSR count). The molecule has 0 saturated carbocycles. The van der Waals surface area contributed by atoms with Crippen molar-refractivity contribution in [3.8, 4) is 0 Å². The van der Waals surface area contributed by atoms with E-state index in [2.05, 4.69) is 0 Å². The maximum absolute atomic E-state index is 11.3. The van der Waals surface area contributed by atoms with E-state index in [4.69, 9.17) is 23.2 Å². The Hall–Kier alpha value is -0.250. The third-order valence-corrected chi connectivity index (χ3v) is 3.78. The van der Waals surface area contributed by atoms with E-state index in [-0.39, 0.29) is 10.8 Å². The summed E-state index contributed by atoms with van der Waals surface area (Å²) >= 11 is 12.0. The Balaban J connectivity index is 3.45. The van der Waals surface area contributed by atoms with Crippen molar-refractivity contribution < 1.29 is 8.42 Å². The van der Waals surface area contributed by atoms with Gasteiger partial charge in [0.1, 0.15) is 0 Å². The van der Waals surface area contributed by atoms with Gasteiger partial charge in [0.15, 0.2) is 9.84 Å². The first-order valence-electron chi connectivity index (χ1n) is 4.42. The molecule has 0 saturated heterocycles. The molecule has 1 aromatic rings. The summed E-state index contributed by atoms with van der Waals surface area (Å²) in [5.41, 5.74) is 0.783. The molecule has 0 aliphatic rings. The molecule has 15 heavy (non-hydrogen) atoms. The number of halogens is 2. The zero-order chi connectivity index (χ0) is 11.8. The molecule has 0 amide bonds. The number of sulfone groups is 1. The largest absolute Gasteiger partial charge is 0.224 e. The minimum absolute atomic E-state index is 0.155. The van der Waals surface area contributed by atoms with Crippen LogP contribution >= 0.6 is 23.2 Å². The quantitative estimate of drug-likeness (QED) is 0.821. The fraction of sp³-hybridized carbons (Fsp3) is 0.400. The van der Waals surface area contributed by atoms with Gasteiger partial charge in [-0.15, -0.1) is 0 Å². The van der Waals surface area contributed by atoms with Crippen molar-refractivity contribution in [2.75, 3.05) is 6.26 Å². The van der Waals surface area contributed by atoms with Gasteiger partial charge in [-0.05, 0) is 23.6 Å². The lowest BCUT2D eigenvalue weighted by Gasteiger charge is -2.12. The monoisotopic (exact) mass is 266 g/mol. The molecule has 0 unspecified atom stereocenters. The highest BCUT2D eigenvalue weighted by Crippen LogP contribution is 2.33. The highest BCUT2D eigenvalue weighted by molar-refractivity contribution is 7.90. The smallest absolute Gasteiger partial charge is 0.175 e. The van der Waals surface area contributed by atoms with Crippen LogP contribution in [0.25, 0.3) is 0 Å². The first kappa shape index (κ1) is 12.8. The van der Waals surface area contributed by atoms with E-state index < -0.39 is 9.84 Å². The van der Waals surface area contributed by atoms with E-state index in [9.17, 15) is 8.42 Å². The van der Waals surface area contributed by atoms with Crippen molar-refractivity contribution in [2.24, 2.45) is 0 Å². The summed E-state index contributed by atoms with van der Waals surface area (Å²) < 4.78 is 22.6. The maximum atomic E-state index is 11.3. The van der Waals surface area contributed by atoms with Gasteiger partial charge in [0, 0.05) is 16.3 Å². The van der Waals surface area contributed by atoms with Gasteiger partial charge in [-0.25, -0.2) is 8.42 Å². The molecule has 84 valence electrons. The van der Waals surface area contributed by atoms with Crippen LogP contribution in [0.4, 0.5) is 0 Å². The molecule has 0 heterocycles. The molecule has 2 nitrogen and oxygen atoms in total. The number of rotatable bonds is 2. The summed E-state index contributed by atoms with van der Waals surface area (Å²) in [6.07, 6.45) is 1.13. The fourth-order valence-electron chi connectivity index (χ4n) is 1.33. The lowest BCUT2D eigenvalue weighted by Crippen LogP contribution is -1.99. The van der Waals surface area contributed by atoms with Gasteiger partial charge in [0.25, 0.3) is 0 Å². The van der Waals surface area contributed by atoms with E-state index in [1.807, 2.05) is 13.8 Å². The summed E-state index contributed by atoms with van der Waals surface area (Å²) in [5, 5.41) is 0.802. The average Bonchev–Trinajstić information content (AvgIpc) is 1.99. The highest BCUT2D eigenvalue weighted by Gasteiger charge is 2.15. The van der Waals surface area contributed by atoms with Crippen LogP contribution in [0.5, 0.6) is 0 Å². The van der Waals surface area contributed by atoms with Crippen LogP contribution in [-0.2, 0) is 9.84 Å². The molecule has 0 radical (unpaired) electrons. The Morgan fingerprint density at radius 3 is 1.80 bits per heavy atom. The zero-order valence-corrected chi connectivity index (χ0v) is 11.0. The third kappa shape index (κ3) is 2.86. The normalized spacial score (nSPS) is 12.1. The van der Waals surface area contributed by atoms with E-state index >= 15 is 0 Å². The predicted molar refractivity (Wildman–Crippen MR) is 63.7 cm³/mol. The fourth-order valence-corrected chi connectivity index (χ4v) is 3.04. The van der Waals surface area contributed by atoms with Crippen molar-refractivity contribution in [2.45, 2.75) is 24.7 Å². The molecule has 1 aromatic carbocycles. The van der Waals surface area contributed by atoms with Crippen molar-refractivity contribution in [3.63, 3.8) is 0 Å². The molecular weight excluding hydrogens is 255 g/mol. The van der Waals surface area contributed by atoms with Gasteiger partial charge in [-0.1, -0.05) is 37.0 Å². The van der Waals surface area contributed by atoms with Crippen LogP contribution in [0.3, 0.4) is 0 Å². The van der Waals surface area contributed by atoms with Gasteiger partial charge in [0.2, 0.25) is 0 Å². The van der Waals surface area contributed by atoms with Gasteiger partial charge in [-0.3, -0.25) is 0 Å². The van der Waals surface area contributed by atoms with Crippen molar-refractivity contribution in [1.82, 2.24) is 0 Å². The summed E-state index contributed by atoms with van der Waals surface area (Å²) in [7, 11) is -3.26. The van der Waals surface area contributed by atoms with Gasteiger partial charge in [0.05, 0.1) is 4.90 Å². The third-order valence-electron chi connectivity index (χ3n) is 2.06. The summed E-state index contributed by atoms with van der Waals surface area (Å²) in [6, 6.07) is 2.89. The topological polar surface area (TPSA) is 34.1 Å². The Morgan fingerprint density at radius 2 is 1.53 bits per heavy atom. The molecular formula is C10H12Cl2O2S. The van der Waals surface area contributed by atoms with Crippen LogP contribution in [0.1, 0.15) is 25.3 Å². The van der Waals surface area contributed by atoms with Crippen LogP contribution < -0.4 is 0 Å². The SMILES string of the molecule is CC(C)c1c(Cl)cc(S(C)(=O)=O)cc1Cl. The summed E-state index contributed by atoms with van der Waals surface area (Å²) in [4.78, 5) is 0.155. The number of hydrogen-bond donors (Lipinski definition) is 0. The van der Waals surface area contributed by atoms with Crippen molar-refractivity contribution >= 4 is 33.0 Å². The van der Waals surface area contributed by atoms with Crippen LogP contribution in [0, 0.1) is 0 Å². The molecule has 5 heteroatoms. The van der Waals surface area contributed by atoms with E-state index in [0.29, 0.717) is 10.0 Å². The van der Waals surface area contributed by atoms with Crippen LogP contribution in [0.2, 0.25) is 10.0 Å². The molecule has 0 aromatic heterocycles. The van der Waals surface area contributed by atoms with E-state index in [1.165, 1.54) is 12.1 Å². The van der Waals surface area contributed by atoms with Gasteiger partial charge >= 0.3 is 0 Å². The molecule has 0 aliphatic heterocycles. The minimum Gasteiger partial charge on any atom is -0.224 e. The number of benzene rings is 1. The zero-order valence-electron chi connectivity index (χ0n) is 8.71. The van der Waals surface area contributed by atoms with Gasteiger partial charge < -0.3 is 0 Å². The van der Waals surface area contributed by atoms with Crippen molar-refractivity contribution in [3.05, 3.63) is 27.7 Å². The molecule has 0 aliphatic carbocycles. The Labute approximate surface area is 100 Å². The first-order chi connectivity index (χ1) is 6.73. The predicted octanol–water partition coefficient (Wildman–Crippen LogP) is 3.52. The van der Waals surface area contributed by atoms with Gasteiger partial charge in [-0.2, -0.15) is 0 Å². The molecule has 0 spiro atoms. The second kappa shape index (κ2) is 4.32. The average molecular weight is 267 g/mol. The Bertz CT molecular complexity index is 455. The Kier molecular flexibility index (Phi) is 3.69. The van der Waals surface area contributed by atoms with Crippen LogP contribution in [0.15, 0.2) is 17.0 Å². The second-order valence-electron chi connectivity index (χ2n) is 3.73. The lowest BCUT2D eigenvalue weighted by atomic mass is 10.0. The molecule has 0 atom stereocenters. The first-order valence-corrected chi connectivity index (χ1v) is 7.07. The standard InChI is InChI=1S/C10H12Cl2O2S/c1-6(2)10-8(11)4-7(5-9(10)12)15(3,13)14/h4-6H,1-3H3. The summed E-state index contributed by atoms with van der Waals surface area (Å²) in [5.74, 6) is 0.165. The van der Waals surface area contributed by atoms with Crippen LogP contribution in [-0.4, -0.2) is 14.7 Å². The highest BCUT2D eigenvalue weighted by atomic mass is 35.5. The Morgan fingerprint density at radius 1 is 1.13 bits per heavy atom. The molecule has 0 bridgehead atoms. The number of hydrogen-bond acceptors (Lipinski definition) is 2. The lowest BCUT2D eigenvalue weighted by molar-refractivity contribution is 0.602. The second-order valence-corrected chi connectivity index (χ2v) is 6.56. The summed E-state index contributed by atoms with van der Waals surface area (Å²) in [6.45, 7) is 3.90. The minimum atomic E-state index is -3.26. The van der Waals surface area contributed by atoms with E-state index in [0.717, 1.165) is 11.8 Å². The molecule has 0 fully saturated rings. The maximum Gasteiger partial charge on any atom is 0.175 e.